The Hall–Kier alpha value is -0.810. The largest absolute Gasteiger partial charge is 0.381 e. The Morgan fingerprint density at radius 2 is 2.21 bits per heavy atom. The molecule has 1 saturated heterocycles. The predicted octanol–water partition coefficient (Wildman–Crippen LogP) is 0.487. The number of nitrogens with one attached hydrogen (secondary N) is 1. The topological polar surface area (TPSA) is 79.9 Å². The van der Waals surface area contributed by atoms with Crippen LogP contribution in [0.5, 0.6) is 0 Å². The molecular formula is C9H19N3O2. The summed E-state index contributed by atoms with van der Waals surface area (Å²) in [5.41, 5.74) is 7.41. The van der Waals surface area contributed by atoms with Gasteiger partial charge >= 0.3 is 0 Å². The van der Waals surface area contributed by atoms with Gasteiger partial charge in [-0.1, -0.05) is 6.92 Å². The highest BCUT2D eigenvalue weighted by Gasteiger charge is 2.30. The zero-order chi connectivity index (χ0) is 10.4. The molecule has 0 aliphatic carbocycles. The minimum atomic E-state index is 0.0873. The van der Waals surface area contributed by atoms with Crippen LogP contribution in [0.25, 0.3) is 0 Å². The lowest BCUT2D eigenvalue weighted by molar-refractivity contribution is 0.0172. The van der Waals surface area contributed by atoms with Crippen LogP contribution in [0.4, 0.5) is 0 Å². The molecule has 4 N–H and O–H groups in total. The van der Waals surface area contributed by atoms with Crippen molar-refractivity contribution in [1.82, 2.24) is 5.48 Å². The molecule has 82 valence electrons. The van der Waals surface area contributed by atoms with E-state index in [1.807, 2.05) is 5.48 Å². The number of aliphatic imine (C=N–C) groups is 1. The van der Waals surface area contributed by atoms with E-state index in [0.29, 0.717) is 6.54 Å². The Bertz CT molecular complexity index is 200. The third kappa shape index (κ3) is 2.85. The van der Waals surface area contributed by atoms with Gasteiger partial charge in [0.15, 0.2) is 0 Å². The summed E-state index contributed by atoms with van der Waals surface area (Å²) in [5, 5.41) is 8.49. The molecule has 1 fully saturated rings. The van der Waals surface area contributed by atoms with Gasteiger partial charge in [-0.25, -0.2) is 5.48 Å². The van der Waals surface area contributed by atoms with E-state index in [1.54, 1.807) is 0 Å². The van der Waals surface area contributed by atoms with Gasteiger partial charge in [-0.2, -0.15) is 0 Å². The molecule has 5 heteroatoms. The fourth-order valence-electron chi connectivity index (χ4n) is 1.72. The second-order valence-electron chi connectivity index (χ2n) is 3.78. The molecule has 1 rings (SSSR count). The molecule has 1 aliphatic heterocycles. The molecule has 0 saturated carbocycles. The van der Waals surface area contributed by atoms with E-state index in [0.717, 1.165) is 32.5 Å². The molecule has 0 spiro atoms. The molecule has 0 aromatic rings. The fraction of sp³-hybridized carbons (Fsp3) is 0.889. The normalized spacial score (nSPS) is 22.0. The van der Waals surface area contributed by atoms with Gasteiger partial charge in [-0.05, 0) is 24.7 Å². The van der Waals surface area contributed by atoms with Gasteiger partial charge in [0.1, 0.15) is 0 Å². The first kappa shape index (κ1) is 11.3. The van der Waals surface area contributed by atoms with Crippen LogP contribution < -0.4 is 11.2 Å². The Balaban J connectivity index is 2.52. The summed E-state index contributed by atoms with van der Waals surface area (Å²) in [6, 6.07) is 0. The maximum atomic E-state index is 8.49. The van der Waals surface area contributed by atoms with Gasteiger partial charge in [0.2, 0.25) is 5.96 Å². The molecule has 0 aromatic heterocycles. The molecule has 0 amide bonds. The lowest BCUT2D eigenvalue weighted by atomic mass is 9.78. The third-order valence-electron chi connectivity index (χ3n) is 3.00. The zero-order valence-corrected chi connectivity index (χ0v) is 8.62. The molecule has 1 aliphatic rings. The van der Waals surface area contributed by atoms with Crippen molar-refractivity contribution in [3.8, 4) is 0 Å². The number of guanidine groups is 1. The summed E-state index contributed by atoms with van der Waals surface area (Å²) in [6.07, 6.45) is 3.11. The van der Waals surface area contributed by atoms with E-state index >= 15 is 0 Å². The van der Waals surface area contributed by atoms with Crippen LogP contribution in [0.1, 0.15) is 26.2 Å². The number of hydrogen-bond donors (Lipinski definition) is 3. The predicted molar refractivity (Wildman–Crippen MR) is 54.2 cm³/mol. The first-order chi connectivity index (χ1) is 6.72. The second-order valence-corrected chi connectivity index (χ2v) is 3.78. The van der Waals surface area contributed by atoms with Crippen molar-refractivity contribution in [2.24, 2.45) is 16.1 Å². The fourth-order valence-corrected chi connectivity index (χ4v) is 1.72. The van der Waals surface area contributed by atoms with Crippen molar-refractivity contribution < 1.29 is 9.94 Å². The van der Waals surface area contributed by atoms with Gasteiger partial charge in [0.25, 0.3) is 0 Å². The minimum absolute atomic E-state index is 0.0873. The van der Waals surface area contributed by atoms with Crippen LogP contribution in [-0.4, -0.2) is 30.9 Å². The number of nitrogens with two attached hydrogens (primary N) is 1. The lowest BCUT2D eigenvalue weighted by Crippen LogP contribution is -2.35. The SMILES string of the molecule is CCC1(CN=C(N)NO)CCOCC1. The first-order valence-corrected chi connectivity index (χ1v) is 5.00. The van der Waals surface area contributed by atoms with E-state index in [-0.39, 0.29) is 11.4 Å². The molecule has 0 aromatic carbocycles. The quantitative estimate of drug-likeness (QED) is 0.352. The summed E-state index contributed by atoms with van der Waals surface area (Å²) in [6.45, 7) is 4.42. The highest BCUT2D eigenvalue weighted by atomic mass is 16.5. The minimum Gasteiger partial charge on any atom is -0.381 e. The van der Waals surface area contributed by atoms with Crippen LogP contribution in [0.3, 0.4) is 0 Å². The van der Waals surface area contributed by atoms with Crippen molar-refractivity contribution in [2.45, 2.75) is 26.2 Å². The Kier molecular flexibility index (Phi) is 4.16. The van der Waals surface area contributed by atoms with E-state index in [2.05, 4.69) is 11.9 Å². The van der Waals surface area contributed by atoms with Crippen molar-refractivity contribution in [2.75, 3.05) is 19.8 Å². The summed E-state index contributed by atoms with van der Waals surface area (Å²) in [7, 11) is 0. The van der Waals surface area contributed by atoms with Crippen LogP contribution in [0.2, 0.25) is 0 Å². The molecular weight excluding hydrogens is 182 g/mol. The Morgan fingerprint density at radius 3 is 2.71 bits per heavy atom. The van der Waals surface area contributed by atoms with Crippen molar-refractivity contribution in [3.05, 3.63) is 0 Å². The van der Waals surface area contributed by atoms with Crippen LogP contribution in [0.15, 0.2) is 4.99 Å². The first-order valence-electron chi connectivity index (χ1n) is 5.00. The third-order valence-corrected chi connectivity index (χ3v) is 3.00. The van der Waals surface area contributed by atoms with E-state index in [4.69, 9.17) is 15.7 Å². The molecule has 0 unspecified atom stereocenters. The Labute approximate surface area is 84.3 Å². The van der Waals surface area contributed by atoms with Crippen LogP contribution >= 0.6 is 0 Å². The van der Waals surface area contributed by atoms with E-state index < -0.39 is 0 Å². The smallest absolute Gasteiger partial charge is 0.212 e. The summed E-state index contributed by atoms with van der Waals surface area (Å²) in [4.78, 5) is 4.09. The maximum Gasteiger partial charge on any atom is 0.212 e. The van der Waals surface area contributed by atoms with Gasteiger partial charge in [-0.3, -0.25) is 10.2 Å². The molecule has 1 heterocycles. The monoisotopic (exact) mass is 201 g/mol. The van der Waals surface area contributed by atoms with Gasteiger partial charge < -0.3 is 10.5 Å². The van der Waals surface area contributed by atoms with Crippen molar-refractivity contribution in [1.29, 1.82) is 0 Å². The van der Waals surface area contributed by atoms with Gasteiger partial charge in [0.05, 0.1) is 0 Å². The van der Waals surface area contributed by atoms with Crippen molar-refractivity contribution in [3.63, 3.8) is 0 Å². The number of hydrogen-bond acceptors (Lipinski definition) is 3. The number of hydroxylamine groups is 1. The second kappa shape index (κ2) is 5.17. The highest BCUT2D eigenvalue weighted by molar-refractivity contribution is 5.76. The molecule has 5 nitrogen and oxygen atoms in total. The van der Waals surface area contributed by atoms with Crippen LogP contribution in [-0.2, 0) is 4.74 Å². The van der Waals surface area contributed by atoms with E-state index in [1.165, 1.54) is 0 Å². The summed E-state index contributed by atoms with van der Waals surface area (Å²) >= 11 is 0. The summed E-state index contributed by atoms with van der Waals surface area (Å²) < 4.78 is 5.31. The van der Waals surface area contributed by atoms with E-state index in [9.17, 15) is 0 Å². The molecule has 0 radical (unpaired) electrons. The number of nitrogens with zero attached hydrogens (tertiary/aromatic N) is 1. The maximum absolute atomic E-state index is 8.49. The van der Waals surface area contributed by atoms with Gasteiger partial charge in [-0.15, -0.1) is 0 Å². The Morgan fingerprint density at radius 1 is 1.57 bits per heavy atom. The van der Waals surface area contributed by atoms with Gasteiger partial charge in [0, 0.05) is 19.8 Å². The zero-order valence-electron chi connectivity index (χ0n) is 8.62. The number of ether oxygens (including phenoxy) is 1. The molecule has 14 heavy (non-hydrogen) atoms. The highest BCUT2D eigenvalue weighted by Crippen LogP contribution is 2.34. The average molecular weight is 201 g/mol. The lowest BCUT2D eigenvalue weighted by Gasteiger charge is -2.34. The van der Waals surface area contributed by atoms with Crippen molar-refractivity contribution >= 4 is 5.96 Å². The number of rotatable bonds is 3. The average Bonchev–Trinajstić information content (AvgIpc) is 2.27. The molecule has 0 bridgehead atoms. The summed E-state index contributed by atoms with van der Waals surface area (Å²) in [5.74, 6) is 0.0873. The molecule has 0 atom stereocenters. The standard InChI is InChI=1S/C9H19N3O2/c1-2-9(3-5-14-6-4-9)7-11-8(10)12-13/h13H,2-7H2,1H3,(H3,10,11,12). The van der Waals surface area contributed by atoms with Crippen LogP contribution in [0, 0.1) is 5.41 Å².